The number of aryl methyl sites for hydroxylation is 1. The number of nitrogens with one attached hydrogen (secondary N) is 1. The Balaban J connectivity index is 1.62. The second-order valence-corrected chi connectivity index (χ2v) is 9.47. The van der Waals surface area contributed by atoms with Gasteiger partial charge in [-0.15, -0.1) is 0 Å². The second-order valence-electron chi connectivity index (χ2n) is 9.47. The predicted octanol–water partition coefficient (Wildman–Crippen LogP) is 5.98. The van der Waals surface area contributed by atoms with Gasteiger partial charge in [0.15, 0.2) is 0 Å². The van der Waals surface area contributed by atoms with Gasteiger partial charge >= 0.3 is 0 Å². The van der Waals surface area contributed by atoms with E-state index in [9.17, 15) is 4.39 Å². The van der Waals surface area contributed by atoms with E-state index in [-0.39, 0.29) is 11.4 Å². The minimum Gasteiger partial charge on any atom is -0.376 e. The molecule has 1 heterocycles. The van der Waals surface area contributed by atoms with Gasteiger partial charge in [0.2, 0.25) is 0 Å². The molecule has 2 atom stereocenters. The largest absolute Gasteiger partial charge is 0.376 e. The van der Waals surface area contributed by atoms with Crippen molar-refractivity contribution in [1.29, 1.82) is 0 Å². The topological polar surface area (TPSA) is 21.3 Å². The summed E-state index contributed by atoms with van der Waals surface area (Å²) in [5.74, 6) is 1.75. The molecule has 0 aromatic heterocycles. The van der Waals surface area contributed by atoms with Crippen molar-refractivity contribution < 1.29 is 9.13 Å². The molecule has 2 nitrogen and oxygen atoms in total. The fourth-order valence-electron chi connectivity index (χ4n) is 5.09. The van der Waals surface area contributed by atoms with E-state index >= 15 is 0 Å². The van der Waals surface area contributed by atoms with Gasteiger partial charge in [-0.1, -0.05) is 31.4 Å². The highest BCUT2D eigenvalue weighted by Gasteiger charge is 2.34. The Hall–Kier alpha value is -0.930. The van der Waals surface area contributed by atoms with Crippen LogP contribution in [0.2, 0.25) is 0 Å². The summed E-state index contributed by atoms with van der Waals surface area (Å²) in [7, 11) is 0. The van der Waals surface area contributed by atoms with Crippen molar-refractivity contribution in [2.45, 2.75) is 83.7 Å². The molecule has 3 rings (SSSR count). The highest BCUT2D eigenvalue weighted by atomic mass is 19.1. The Morgan fingerprint density at radius 3 is 2.67 bits per heavy atom. The number of benzene rings is 1. The monoisotopic (exact) mass is 375 g/mol. The summed E-state index contributed by atoms with van der Waals surface area (Å²) in [6.07, 6.45) is 10.2. The molecule has 2 unspecified atom stereocenters. The minimum absolute atomic E-state index is 0.0695. The van der Waals surface area contributed by atoms with E-state index in [1.807, 2.05) is 13.0 Å². The number of hydrogen-bond acceptors (Lipinski definition) is 2. The van der Waals surface area contributed by atoms with E-state index in [0.717, 1.165) is 50.4 Å². The first kappa shape index (κ1) is 20.8. The molecule has 0 bridgehead atoms. The van der Waals surface area contributed by atoms with Crippen LogP contribution >= 0.6 is 0 Å². The zero-order valence-corrected chi connectivity index (χ0v) is 17.5. The summed E-state index contributed by atoms with van der Waals surface area (Å²) in [6.45, 7) is 9.21. The van der Waals surface area contributed by atoms with Crippen molar-refractivity contribution in [2.75, 3.05) is 19.7 Å². The number of rotatable bonds is 7. The maximum Gasteiger partial charge on any atom is 0.126 e. The summed E-state index contributed by atoms with van der Waals surface area (Å²) in [4.78, 5) is 0. The van der Waals surface area contributed by atoms with Gasteiger partial charge in [-0.3, -0.25) is 0 Å². The lowest BCUT2D eigenvalue weighted by molar-refractivity contribution is -0.0772. The molecule has 0 amide bonds. The average Bonchev–Trinajstić information content (AvgIpc) is 2.64. The maximum atomic E-state index is 14.2. The molecule has 2 fully saturated rings. The van der Waals surface area contributed by atoms with Crippen molar-refractivity contribution >= 4 is 0 Å². The van der Waals surface area contributed by atoms with Gasteiger partial charge in [0.25, 0.3) is 0 Å². The van der Waals surface area contributed by atoms with Crippen LogP contribution in [0.1, 0.15) is 82.3 Å². The molecule has 2 aliphatic rings. The maximum absolute atomic E-state index is 14.2. The predicted molar refractivity (Wildman–Crippen MR) is 111 cm³/mol. The van der Waals surface area contributed by atoms with Crippen molar-refractivity contribution in [2.24, 2.45) is 11.8 Å². The molecule has 1 aliphatic heterocycles. The molecule has 1 saturated heterocycles. The molecule has 1 aromatic rings. The first-order valence-corrected chi connectivity index (χ1v) is 11.1. The van der Waals surface area contributed by atoms with Crippen LogP contribution in [0.5, 0.6) is 0 Å². The summed E-state index contributed by atoms with van der Waals surface area (Å²) in [6, 6.07) is 5.87. The highest BCUT2D eigenvalue weighted by molar-refractivity contribution is 5.27. The molecule has 3 heteroatoms. The molecule has 0 spiro atoms. The number of halogens is 1. The van der Waals surface area contributed by atoms with Crippen LogP contribution in [0.15, 0.2) is 18.2 Å². The van der Waals surface area contributed by atoms with E-state index in [2.05, 4.69) is 25.2 Å². The van der Waals surface area contributed by atoms with E-state index in [4.69, 9.17) is 4.74 Å². The Morgan fingerprint density at radius 1 is 1.19 bits per heavy atom. The van der Waals surface area contributed by atoms with Crippen LogP contribution in [0.4, 0.5) is 4.39 Å². The first-order chi connectivity index (χ1) is 12.9. The zero-order chi connectivity index (χ0) is 19.3. The SMILES string of the molecule is Cc1ccc(C(CCNCC2CCCCC2)C2CCOC(C)(C)C2)cc1F. The van der Waals surface area contributed by atoms with E-state index in [0.29, 0.717) is 11.8 Å². The molecule has 1 aliphatic carbocycles. The van der Waals surface area contributed by atoms with E-state index in [1.165, 1.54) is 37.7 Å². The third kappa shape index (κ3) is 6.02. The lowest BCUT2D eigenvalue weighted by Gasteiger charge is -2.39. The van der Waals surface area contributed by atoms with Gasteiger partial charge in [-0.05, 0) is 101 Å². The van der Waals surface area contributed by atoms with Crippen LogP contribution < -0.4 is 5.32 Å². The summed E-state index contributed by atoms with van der Waals surface area (Å²) < 4.78 is 20.2. The fourth-order valence-corrected chi connectivity index (χ4v) is 5.09. The quantitative estimate of drug-likeness (QED) is 0.592. The average molecular weight is 376 g/mol. The van der Waals surface area contributed by atoms with Crippen LogP contribution in [0.3, 0.4) is 0 Å². The fraction of sp³-hybridized carbons (Fsp3) is 0.750. The summed E-state index contributed by atoms with van der Waals surface area (Å²) >= 11 is 0. The van der Waals surface area contributed by atoms with Gasteiger partial charge in [0.05, 0.1) is 5.60 Å². The first-order valence-electron chi connectivity index (χ1n) is 11.1. The Kier molecular flexibility index (Phi) is 7.33. The van der Waals surface area contributed by atoms with Crippen LogP contribution in [0, 0.1) is 24.6 Å². The molecular formula is C24H38FNO. The molecule has 152 valence electrons. The normalized spacial score (nSPS) is 24.7. The molecule has 1 aromatic carbocycles. The van der Waals surface area contributed by atoms with Gasteiger partial charge in [0, 0.05) is 6.61 Å². The van der Waals surface area contributed by atoms with Gasteiger partial charge < -0.3 is 10.1 Å². The Morgan fingerprint density at radius 2 is 1.96 bits per heavy atom. The lowest BCUT2D eigenvalue weighted by atomic mass is 9.75. The van der Waals surface area contributed by atoms with Crippen LogP contribution in [-0.2, 0) is 4.74 Å². The molecule has 1 saturated carbocycles. The minimum atomic E-state index is -0.0704. The third-order valence-electron chi connectivity index (χ3n) is 6.72. The van der Waals surface area contributed by atoms with Gasteiger partial charge in [-0.25, -0.2) is 4.39 Å². The smallest absolute Gasteiger partial charge is 0.126 e. The second kappa shape index (κ2) is 9.52. The van der Waals surface area contributed by atoms with Crippen LogP contribution in [0.25, 0.3) is 0 Å². The summed E-state index contributed by atoms with van der Waals surface area (Å²) in [5.41, 5.74) is 1.83. The molecule has 1 N–H and O–H groups in total. The number of ether oxygens (including phenoxy) is 1. The Labute approximate surface area is 165 Å². The van der Waals surface area contributed by atoms with E-state index in [1.54, 1.807) is 6.07 Å². The Bertz CT molecular complexity index is 594. The van der Waals surface area contributed by atoms with Crippen molar-refractivity contribution in [3.8, 4) is 0 Å². The van der Waals surface area contributed by atoms with Crippen molar-refractivity contribution in [3.05, 3.63) is 35.1 Å². The van der Waals surface area contributed by atoms with Crippen molar-refractivity contribution in [1.82, 2.24) is 5.32 Å². The molecular weight excluding hydrogens is 337 g/mol. The van der Waals surface area contributed by atoms with Crippen LogP contribution in [-0.4, -0.2) is 25.3 Å². The van der Waals surface area contributed by atoms with Crippen molar-refractivity contribution in [3.63, 3.8) is 0 Å². The standard InChI is InChI=1S/C24H38FNO/c1-18-9-10-20(15-23(18)25)22(21-12-14-27-24(2,3)16-21)11-13-26-17-19-7-5-4-6-8-19/h9-10,15,19,21-22,26H,4-8,11-14,16-17H2,1-3H3. The zero-order valence-electron chi connectivity index (χ0n) is 17.5. The lowest BCUT2D eigenvalue weighted by Crippen LogP contribution is -2.37. The van der Waals surface area contributed by atoms with Gasteiger partial charge in [0.1, 0.15) is 5.82 Å². The van der Waals surface area contributed by atoms with E-state index < -0.39 is 0 Å². The van der Waals surface area contributed by atoms with Gasteiger partial charge in [-0.2, -0.15) is 0 Å². The molecule has 0 radical (unpaired) electrons. The highest BCUT2D eigenvalue weighted by Crippen LogP contribution is 2.40. The number of hydrogen-bond donors (Lipinski definition) is 1. The molecule has 27 heavy (non-hydrogen) atoms. The third-order valence-corrected chi connectivity index (χ3v) is 6.72. The summed E-state index contributed by atoms with van der Waals surface area (Å²) in [5, 5.41) is 3.72.